The van der Waals surface area contributed by atoms with E-state index in [0.29, 0.717) is 12.1 Å². The highest BCUT2D eigenvalue weighted by molar-refractivity contribution is 6.02. The summed E-state index contributed by atoms with van der Waals surface area (Å²) in [5.74, 6) is -1.08. The van der Waals surface area contributed by atoms with E-state index in [4.69, 9.17) is 0 Å². The Bertz CT molecular complexity index is 593. The first kappa shape index (κ1) is 21.2. The van der Waals surface area contributed by atoms with Crippen LogP contribution in [0.15, 0.2) is 6.07 Å². The average molecular weight is 347 g/mol. The number of benzene rings is 1. The van der Waals surface area contributed by atoms with E-state index in [1.807, 2.05) is 6.92 Å². The number of hydrogen-bond acceptors (Lipinski definition) is 2. The van der Waals surface area contributed by atoms with Crippen LogP contribution in [0.4, 0.5) is 5.69 Å². The highest BCUT2D eigenvalue weighted by Gasteiger charge is 2.21. The van der Waals surface area contributed by atoms with Crippen molar-refractivity contribution in [1.82, 2.24) is 0 Å². The van der Waals surface area contributed by atoms with E-state index < -0.39 is 5.97 Å². The highest BCUT2D eigenvalue weighted by atomic mass is 16.4. The molecule has 4 heteroatoms. The summed E-state index contributed by atoms with van der Waals surface area (Å²) < 4.78 is 0. The maximum atomic E-state index is 12.2. The first-order valence-corrected chi connectivity index (χ1v) is 9.70. The van der Waals surface area contributed by atoms with Crippen LogP contribution < -0.4 is 5.32 Å². The minimum atomic E-state index is -0.973. The van der Waals surface area contributed by atoms with Crippen molar-refractivity contribution in [1.29, 1.82) is 0 Å². The summed E-state index contributed by atoms with van der Waals surface area (Å²) in [7, 11) is 0. The summed E-state index contributed by atoms with van der Waals surface area (Å²) in [6, 6.07) is 1.75. The molecule has 0 aliphatic carbocycles. The second-order valence-corrected chi connectivity index (χ2v) is 6.54. The molecule has 1 aromatic carbocycles. The van der Waals surface area contributed by atoms with Crippen molar-refractivity contribution in [2.75, 3.05) is 5.32 Å². The van der Waals surface area contributed by atoms with Crippen molar-refractivity contribution in [2.45, 2.75) is 85.5 Å². The van der Waals surface area contributed by atoms with Gasteiger partial charge in [-0.25, -0.2) is 4.79 Å². The average Bonchev–Trinajstić information content (AvgIpc) is 2.58. The Morgan fingerprint density at radius 1 is 0.960 bits per heavy atom. The molecule has 2 N–H and O–H groups in total. The van der Waals surface area contributed by atoms with Gasteiger partial charge in [0.15, 0.2) is 0 Å². The highest BCUT2D eigenvalue weighted by Crippen LogP contribution is 2.31. The lowest BCUT2D eigenvalue weighted by molar-refractivity contribution is -0.116. The summed E-state index contributed by atoms with van der Waals surface area (Å²) in [5, 5.41) is 12.6. The van der Waals surface area contributed by atoms with Gasteiger partial charge in [0, 0.05) is 6.42 Å². The van der Waals surface area contributed by atoms with Gasteiger partial charge in [-0.1, -0.05) is 47.0 Å². The van der Waals surface area contributed by atoms with Crippen molar-refractivity contribution in [2.24, 2.45) is 0 Å². The van der Waals surface area contributed by atoms with E-state index in [0.717, 1.165) is 56.1 Å². The number of amides is 1. The molecule has 0 heterocycles. The van der Waals surface area contributed by atoms with Gasteiger partial charge in [-0.15, -0.1) is 0 Å². The van der Waals surface area contributed by atoms with Gasteiger partial charge in [0.05, 0.1) is 11.3 Å². The molecule has 0 bridgehead atoms. The fourth-order valence-electron chi connectivity index (χ4n) is 3.34. The third-order valence-corrected chi connectivity index (χ3v) is 4.63. The number of carbonyl (C=O) groups excluding carboxylic acids is 1. The van der Waals surface area contributed by atoms with Crippen LogP contribution in [0.3, 0.4) is 0 Å². The Morgan fingerprint density at radius 2 is 1.68 bits per heavy atom. The van der Waals surface area contributed by atoms with Crippen molar-refractivity contribution >= 4 is 17.6 Å². The predicted molar refractivity (Wildman–Crippen MR) is 104 cm³/mol. The van der Waals surface area contributed by atoms with Crippen LogP contribution in [-0.2, 0) is 24.1 Å². The van der Waals surface area contributed by atoms with Gasteiger partial charge in [0.25, 0.3) is 0 Å². The molecule has 0 radical (unpaired) electrons. The quantitative estimate of drug-likeness (QED) is 0.529. The van der Waals surface area contributed by atoms with Gasteiger partial charge >= 0.3 is 5.97 Å². The van der Waals surface area contributed by atoms with Gasteiger partial charge in [-0.2, -0.15) is 0 Å². The van der Waals surface area contributed by atoms with E-state index in [-0.39, 0.29) is 11.5 Å². The van der Waals surface area contributed by atoms with Crippen LogP contribution >= 0.6 is 0 Å². The number of aryl methyl sites for hydroxylation is 1. The Morgan fingerprint density at radius 3 is 2.20 bits per heavy atom. The van der Waals surface area contributed by atoms with E-state index in [1.165, 1.54) is 12.0 Å². The Balaban J connectivity index is 3.38. The zero-order valence-corrected chi connectivity index (χ0v) is 16.2. The third-order valence-electron chi connectivity index (χ3n) is 4.63. The molecule has 0 unspecified atom stereocenters. The molecule has 0 aliphatic heterocycles. The Labute approximate surface area is 152 Å². The van der Waals surface area contributed by atoms with E-state index >= 15 is 0 Å². The molecular formula is C21H33NO3. The molecule has 1 rings (SSSR count). The lowest BCUT2D eigenvalue weighted by Gasteiger charge is -2.21. The third kappa shape index (κ3) is 5.87. The molecule has 0 saturated carbocycles. The van der Waals surface area contributed by atoms with E-state index in [1.54, 1.807) is 6.07 Å². The SMILES string of the molecule is CCCCCCc1c(CC)c(CC)cc(C(=O)O)c1NC(=O)CCC. The largest absolute Gasteiger partial charge is 0.478 e. The first-order chi connectivity index (χ1) is 12.0. The number of carboxylic acids is 1. The molecule has 0 aromatic heterocycles. The molecule has 140 valence electrons. The molecular weight excluding hydrogens is 314 g/mol. The molecule has 0 atom stereocenters. The number of rotatable bonds is 11. The standard InChI is InChI=1S/C21H33NO3/c1-5-9-10-11-13-17-16(8-4)15(7-3)14-18(21(24)25)20(17)22-19(23)12-6-2/h14H,5-13H2,1-4H3,(H,22,23)(H,24,25). The van der Waals surface area contributed by atoms with Crippen molar-refractivity contribution in [3.63, 3.8) is 0 Å². The fourth-order valence-corrected chi connectivity index (χ4v) is 3.34. The number of anilines is 1. The first-order valence-electron chi connectivity index (χ1n) is 9.70. The molecule has 0 aliphatic rings. The predicted octanol–water partition coefficient (Wildman–Crippen LogP) is 5.37. The smallest absolute Gasteiger partial charge is 0.337 e. The number of carbonyl (C=O) groups is 2. The molecule has 1 aromatic rings. The summed E-state index contributed by atoms with van der Waals surface area (Å²) in [5.41, 5.74) is 4.06. The topological polar surface area (TPSA) is 66.4 Å². The normalized spacial score (nSPS) is 10.7. The van der Waals surface area contributed by atoms with Crippen molar-refractivity contribution in [3.8, 4) is 0 Å². The van der Waals surface area contributed by atoms with Gasteiger partial charge in [0.1, 0.15) is 0 Å². The lowest BCUT2D eigenvalue weighted by atomic mass is 9.89. The minimum Gasteiger partial charge on any atom is -0.478 e. The molecule has 4 nitrogen and oxygen atoms in total. The Kier molecular flexibility index (Phi) is 9.25. The van der Waals surface area contributed by atoms with Crippen LogP contribution in [0.2, 0.25) is 0 Å². The summed E-state index contributed by atoms with van der Waals surface area (Å²) in [6.07, 6.45) is 8.11. The fraction of sp³-hybridized carbons (Fsp3) is 0.619. The number of hydrogen-bond donors (Lipinski definition) is 2. The van der Waals surface area contributed by atoms with E-state index in [9.17, 15) is 14.7 Å². The summed E-state index contributed by atoms with van der Waals surface area (Å²) in [4.78, 5) is 24.0. The zero-order valence-electron chi connectivity index (χ0n) is 16.2. The minimum absolute atomic E-state index is 0.105. The number of carboxylic acid groups (broad SMARTS) is 1. The number of aromatic carboxylic acids is 1. The lowest BCUT2D eigenvalue weighted by Crippen LogP contribution is -2.18. The van der Waals surface area contributed by atoms with Crippen LogP contribution in [0, 0.1) is 0 Å². The monoisotopic (exact) mass is 347 g/mol. The van der Waals surface area contributed by atoms with Gasteiger partial charge in [0.2, 0.25) is 5.91 Å². The number of unbranched alkanes of at least 4 members (excludes halogenated alkanes) is 3. The summed E-state index contributed by atoms with van der Waals surface area (Å²) in [6.45, 7) is 8.27. The van der Waals surface area contributed by atoms with Gasteiger partial charge in [-0.3, -0.25) is 4.79 Å². The Hall–Kier alpha value is -1.84. The number of nitrogens with one attached hydrogen (secondary N) is 1. The maximum Gasteiger partial charge on any atom is 0.337 e. The van der Waals surface area contributed by atoms with Crippen molar-refractivity contribution in [3.05, 3.63) is 28.3 Å². The van der Waals surface area contributed by atoms with Crippen LogP contribution in [0.25, 0.3) is 0 Å². The van der Waals surface area contributed by atoms with Gasteiger partial charge < -0.3 is 10.4 Å². The van der Waals surface area contributed by atoms with Crippen LogP contribution in [0.5, 0.6) is 0 Å². The molecule has 0 spiro atoms. The zero-order chi connectivity index (χ0) is 18.8. The van der Waals surface area contributed by atoms with Crippen molar-refractivity contribution < 1.29 is 14.7 Å². The maximum absolute atomic E-state index is 12.2. The van der Waals surface area contributed by atoms with Crippen LogP contribution in [0.1, 0.15) is 93.3 Å². The second-order valence-electron chi connectivity index (χ2n) is 6.54. The second kappa shape index (κ2) is 10.9. The van der Waals surface area contributed by atoms with E-state index in [2.05, 4.69) is 26.1 Å². The molecule has 0 saturated heterocycles. The molecule has 1 amide bonds. The molecule has 0 fully saturated rings. The summed E-state index contributed by atoms with van der Waals surface area (Å²) >= 11 is 0. The van der Waals surface area contributed by atoms with Gasteiger partial charge in [-0.05, 0) is 54.9 Å². The molecule has 25 heavy (non-hydrogen) atoms. The van der Waals surface area contributed by atoms with Crippen LogP contribution in [-0.4, -0.2) is 17.0 Å².